The summed E-state index contributed by atoms with van der Waals surface area (Å²) in [7, 11) is 0. The van der Waals surface area contributed by atoms with Gasteiger partial charge in [0.15, 0.2) is 0 Å². The molecule has 0 radical (unpaired) electrons. The summed E-state index contributed by atoms with van der Waals surface area (Å²) in [6.45, 7) is 9.02. The molecule has 2 fully saturated rings. The summed E-state index contributed by atoms with van der Waals surface area (Å²) in [4.78, 5) is 7.46. The summed E-state index contributed by atoms with van der Waals surface area (Å²) < 4.78 is 27.7. The molecule has 3 heterocycles. The molecule has 178 valence electrons. The lowest BCUT2D eigenvalue weighted by Crippen LogP contribution is -2.45. The molecule has 3 aliphatic heterocycles. The van der Waals surface area contributed by atoms with Crippen molar-refractivity contribution in [3.8, 4) is 0 Å². The number of unbranched alkanes of at least 4 members (excludes halogenated alkanes) is 3. The number of nitrogens with one attached hydrogen (secondary N) is 1. The van der Waals surface area contributed by atoms with E-state index in [1.165, 1.54) is 57.5 Å². The number of piperidine rings is 1. The molecule has 0 bridgehead atoms. The van der Waals surface area contributed by atoms with Gasteiger partial charge in [-0.3, -0.25) is 0 Å². The highest BCUT2D eigenvalue weighted by Crippen LogP contribution is 2.48. The third-order valence-electron chi connectivity index (χ3n) is 7.65. The van der Waals surface area contributed by atoms with E-state index in [0.29, 0.717) is 12.0 Å². The summed E-state index contributed by atoms with van der Waals surface area (Å²) in [5.41, 5.74) is 3.17. The molecule has 33 heavy (non-hydrogen) atoms. The maximum atomic E-state index is 14.2. The number of fused-ring (bicyclic) bond motifs is 3. The maximum absolute atomic E-state index is 14.2. The Morgan fingerprint density at radius 3 is 2.24 bits per heavy atom. The van der Waals surface area contributed by atoms with Crippen molar-refractivity contribution in [2.24, 2.45) is 0 Å². The van der Waals surface area contributed by atoms with Crippen LogP contribution in [0.1, 0.15) is 43.6 Å². The normalized spacial score (nSPS) is 23.5. The van der Waals surface area contributed by atoms with Gasteiger partial charge in [-0.2, -0.15) is 0 Å². The summed E-state index contributed by atoms with van der Waals surface area (Å²) >= 11 is 0. The van der Waals surface area contributed by atoms with Crippen LogP contribution in [-0.2, 0) is 0 Å². The number of anilines is 2. The van der Waals surface area contributed by atoms with Gasteiger partial charge in [-0.25, -0.2) is 8.78 Å². The van der Waals surface area contributed by atoms with Gasteiger partial charge in [0.05, 0.1) is 0 Å². The molecule has 1 N–H and O–H groups in total. The molecule has 0 amide bonds. The number of benzene rings is 2. The van der Waals surface area contributed by atoms with Crippen molar-refractivity contribution >= 4 is 11.4 Å². The van der Waals surface area contributed by atoms with Crippen molar-refractivity contribution in [3.63, 3.8) is 0 Å². The average Bonchev–Trinajstić information content (AvgIpc) is 3.15. The second-order valence-corrected chi connectivity index (χ2v) is 9.82. The van der Waals surface area contributed by atoms with E-state index >= 15 is 0 Å². The van der Waals surface area contributed by atoms with Gasteiger partial charge in [-0.15, -0.1) is 0 Å². The van der Waals surface area contributed by atoms with Crippen molar-refractivity contribution in [2.75, 3.05) is 57.3 Å². The van der Waals surface area contributed by atoms with Gasteiger partial charge in [0.1, 0.15) is 11.6 Å². The smallest absolute Gasteiger partial charge is 0.123 e. The molecule has 0 saturated carbocycles. The molecule has 2 saturated heterocycles. The Kier molecular flexibility index (Phi) is 7.24. The number of rotatable bonds is 8. The fraction of sp³-hybridized carbons (Fsp3) is 0.556. The third kappa shape index (κ3) is 5.23. The number of hydrogen-bond acceptors (Lipinski definition) is 4. The van der Waals surface area contributed by atoms with E-state index in [4.69, 9.17) is 0 Å². The van der Waals surface area contributed by atoms with E-state index in [1.807, 2.05) is 18.2 Å². The third-order valence-corrected chi connectivity index (χ3v) is 7.65. The van der Waals surface area contributed by atoms with Gasteiger partial charge in [-0.1, -0.05) is 12.8 Å². The first-order chi connectivity index (χ1) is 16.2. The zero-order valence-electron chi connectivity index (χ0n) is 19.5. The maximum Gasteiger partial charge on any atom is 0.123 e. The molecular weight excluding hydrogens is 418 g/mol. The summed E-state index contributed by atoms with van der Waals surface area (Å²) in [6.07, 6.45) is 6.15. The van der Waals surface area contributed by atoms with Gasteiger partial charge in [-0.05, 0) is 80.4 Å². The van der Waals surface area contributed by atoms with Crippen LogP contribution in [-0.4, -0.2) is 68.2 Å². The Morgan fingerprint density at radius 1 is 0.788 bits per heavy atom. The highest BCUT2D eigenvalue weighted by atomic mass is 19.1. The SMILES string of the molecule is Fc1ccc(N2c3ccc(F)cc3C3CN(CCCCCCN4CCNCC4)CCC32)cc1. The number of nitrogens with zero attached hydrogens (tertiary/aromatic N) is 3. The van der Waals surface area contributed by atoms with Crippen molar-refractivity contribution < 1.29 is 8.78 Å². The van der Waals surface area contributed by atoms with E-state index < -0.39 is 0 Å². The fourth-order valence-electron chi connectivity index (χ4n) is 5.94. The number of piperazine rings is 1. The summed E-state index contributed by atoms with van der Waals surface area (Å²) in [5, 5.41) is 3.42. The lowest BCUT2D eigenvalue weighted by molar-refractivity contribution is 0.192. The van der Waals surface area contributed by atoms with Crippen LogP contribution in [0.3, 0.4) is 0 Å². The molecule has 2 aromatic carbocycles. The minimum Gasteiger partial charge on any atom is -0.337 e. The lowest BCUT2D eigenvalue weighted by Gasteiger charge is -2.39. The zero-order chi connectivity index (χ0) is 22.6. The van der Waals surface area contributed by atoms with Gasteiger partial charge in [0, 0.05) is 62.6 Å². The van der Waals surface area contributed by atoms with Crippen LogP contribution in [0, 0.1) is 11.6 Å². The predicted octanol–water partition coefficient (Wildman–Crippen LogP) is 4.74. The first-order valence-electron chi connectivity index (χ1n) is 12.7. The van der Waals surface area contributed by atoms with E-state index in [0.717, 1.165) is 56.1 Å². The molecule has 2 unspecified atom stereocenters. The number of halogens is 2. The van der Waals surface area contributed by atoms with Crippen LogP contribution >= 0.6 is 0 Å². The van der Waals surface area contributed by atoms with E-state index in [9.17, 15) is 8.78 Å². The number of likely N-dealkylation sites (tertiary alicyclic amines) is 1. The Labute approximate surface area is 196 Å². The van der Waals surface area contributed by atoms with E-state index in [1.54, 1.807) is 12.1 Å². The van der Waals surface area contributed by atoms with Crippen LogP contribution < -0.4 is 10.2 Å². The molecule has 6 heteroatoms. The van der Waals surface area contributed by atoms with E-state index in [2.05, 4.69) is 20.0 Å². The van der Waals surface area contributed by atoms with E-state index in [-0.39, 0.29) is 11.6 Å². The Hall–Kier alpha value is -2.02. The van der Waals surface area contributed by atoms with Gasteiger partial charge < -0.3 is 20.0 Å². The van der Waals surface area contributed by atoms with Gasteiger partial charge in [0.25, 0.3) is 0 Å². The minimum absolute atomic E-state index is 0.171. The van der Waals surface area contributed by atoms with Gasteiger partial charge in [0.2, 0.25) is 0 Å². The highest BCUT2D eigenvalue weighted by Gasteiger charge is 2.42. The molecule has 0 spiro atoms. The molecule has 4 nitrogen and oxygen atoms in total. The molecule has 0 aliphatic carbocycles. The first-order valence-corrected chi connectivity index (χ1v) is 12.7. The van der Waals surface area contributed by atoms with Crippen molar-refractivity contribution in [1.29, 1.82) is 0 Å². The lowest BCUT2D eigenvalue weighted by atomic mass is 9.88. The van der Waals surface area contributed by atoms with Crippen LogP contribution in [0.15, 0.2) is 42.5 Å². The summed E-state index contributed by atoms with van der Waals surface area (Å²) in [6, 6.07) is 12.2. The monoisotopic (exact) mass is 454 g/mol. The predicted molar refractivity (Wildman–Crippen MR) is 130 cm³/mol. The van der Waals surface area contributed by atoms with Gasteiger partial charge >= 0.3 is 0 Å². The van der Waals surface area contributed by atoms with Crippen molar-refractivity contribution in [2.45, 2.75) is 44.1 Å². The molecule has 0 aromatic heterocycles. The van der Waals surface area contributed by atoms with Crippen molar-refractivity contribution in [3.05, 3.63) is 59.7 Å². The van der Waals surface area contributed by atoms with Crippen LogP contribution in [0.25, 0.3) is 0 Å². The Bertz CT molecular complexity index is 913. The molecule has 2 aromatic rings. The first kappa shape index (κ1) is 22.8. The number of hydrogen-bond donors (Lipinski definition) is 1. The fourth-order valence-corrected chi connectivity index (χ4v) is 5.94. The van der Waals surface area contributed by atoms with Crippen LogP contribution in [0.5, 0.6) is 0 Å². The average molecular weight is 455 g/mol. The Balaban J connectivity index is 1.16. The quantitative estimate of drug-likeness (QED) is 0.582. The molecule has 2 atom stereocenters. The molecule has 5 rings (SSSR count). The highest BCUT2D eigenvalue weighted by molar-refractivity contribution is 5.73. The topological polar surface area (TPSA) is 21.8 Å². The second-order valence-electron chi connectivity index (χ2n) is 9.82. The largest absolute Gasteiger partial charge is 0.337 e. The zero-order valence-corrected chi connectivity index (χ0v) is 19.5. The molecular formula is C27H36F2N4. The Morgan fingerprint density at radius 2 is 1.48 bits per heavy atom. The second kappa shape index (κ2) is 10.5. The summed E-state index contributed by atoms with van der Waals surface area (Å²) in [5.74, 6) is -0.103. The van der Waals surface area contributed by atoms with Crippen molar-refractivity contribution in [1.82, 2.24) is 15.1 Å². The van der Waals surface area contributed by atoms with Crippen LogP contribution in [0.2, 0.25) is 0 Å². The standard InChI is InChI=1S/C27H36F2N4/c28-21-5-8-23(9-6-21)33-26-10-7-22(29)19-24(26)25-20-32(16-11-27(25)33)15-4-2-1-3-14-31-17-12-30-13-18-31/h5-10,19,25,27,30H,1-4,11-18,20H2. The molecule has 3 aliphatic rings. The minimum atomic E-state index is -0.225. The van der Waals surface area contributed by atoms with Crippen LogP contribution in [0.4, 0.5) is 20.2 Å².